The van der Waals surface area contributed by atoms with E-state index in [-0.39, 0.29) is 17.9 Å². The molecule has 0 amide bonds. The topological polar surface area (TPSA) is 94.6 Å². The molecule has 0 aromatic heterocycles. The number of hydrogen-bond donors (Lipinski definition) is 0. The van der Waals surface area contributed by atoms with Crippen molar-refractivity contribution in [2.24, 2.45) is 0 Å². The minimum atomic E-state index is -3.89. The fourth-order valence-electron chi connectivity index (χ4n) is 2.53. The Kier molecular flexibility index (Phi) is 7.73. The van der Waals surface area contributed by atoms with Gasteiger partial charge in [-0.3, -0.25) is 0 Å². The molecular weight excluding hydrogens is 340 g/mol. The Morgan fingerprint density at radius 3 is 2.09 bits per heavy atom. The highest BCUT2D eigenvalue weighted by atomic mass is 32.2. The van der Waals surface area contributed by atoms with Crippen LogP contribution in [-0.4, -0.2) is 40.9 Å². The molecule has 1 rings (SSSR count). The highest BCUT2D eigenvalue weighted by Crippen LogP contribution is 2.30. The van der Waals surface area contributed by atoms with Gasteiger partial charge in [0.1, 0.15) is 0 Å². The Hall–Kier alpha value is -0.890. The first-order valence-electron chi connectivity index (χ1n) is 8.12. The Labute approximate surface area is 139 Å². The summed E-state index contributed by atoms with van der Waals surface area (Å²) < 4.78 is 53.5. The molecule has 0 aromatic rings. The molecule has 0 saturated carbocycles. The maximum Gasteiger partial charge on any atom is 0.350 e. The summed E-state index contributed by atoms with van der Waals surface area (Å²) in [5.74, 6) is -2.05. The molecule has 0 radical (unpaired) electrons. The van der Waals surface area contributed by atoms with Gasteiger partial charge >= 0.3 is 5.97 Å². The zero-order valence-electron chi connectivity index (χ0n) is 13.8. The fourth-order valence-corrected chi connectivity index (χ4v) is 7.08. The van der Waals surface area contributed by atoms with Crippen molar-refractivity contribution in [1.29, 1.82) is 0 Å². The van der Waals surface area contributed by atoms with Gasteiger partial charge in [-0.1, -0.05) is 39.0 Å². The Morgan fingerprint density at radius 1 is 0.913 bits per heavy atom. The van der Waals surface area contributed by atoms with Crippen molar-refractivity contribution >= 4 is 25.6 Å². The molecule has 0 N–H and O–H groups in total. The maximum atomic E-state index is 12.2. The van der Waals surface area contributed by atoms with Gasteiger partial charge in [0.25, 0.3) is 0 Å². The number of carbonyl (C=O) groups excluding carboxylic acids is 1. The van der Waals surface area contributed by atoms with E-state index in [2.05, 4.69) is 6.92 Å². The van der Waals surface area contributed by atoms with Crippen LogP contribution < -0.4 is 0 Å². The Morgan fingerprint density at radius 2 is 1.48 bits per heavy atom. The van der Waals surface area contributed by atoms with E-state index in [0.717, 1.165) is 32.1 Å². The summed E-state index contributed by atoms with van der Waals surface area (Å²) in [4.78, 5) is 11.1. The van der Waals surface area contributed by atoms with Crippen molar-refractivity contribution in [3.63, 3.8) is 0 Å². The van der Waals surface area contributed by atoms with E-state index < -0.39 is 42.1 Å². The van der Waals surface area contributed by atoms with Crippen LogP contribution in [0.2, 0.25) is 0 Å². The molecule has 0 fully saturated rings. The number of hydrogen-bond acceptors (Lipinski definition) is 6. The lowest BCUT2D eigenvalue weighted by atomic mass is 10.1. The highest BCUT2D eigenvalue weighted by Gasteiger charge is 2.40. The summed E-state index contributed by atoms with van der Waals surface area (Å²) in [6.45, 7) is 3.66. The zero-order chi connectivity index (χ0) is 17.5. The van der Waals surface area contributed by atoms with E-state index in [1.54, 1.807) is 6.92 Å². The molecule has 1 aliphatic heterocycles. The van der Waals surface area contributed by atoms with Crippen LogP contribution in [0.15, 0.2) is 9.81 Å². The molecule has 23 heavy (non-hydrogen) atoms. The Bertz CT molecular complexity index is 643. The lowest BCUT2D eigenvalue weighted by molar-refractivity contribution is -0.137. The molecule has 0 atom stereocenters. The molecular formula is C15H26O6S2. The largest absolute Gasteiger partial charge is 0.462 e. The second kappa shape index (κ2) is 8.82. The minimum Gasteiger partial charge on any atom is -0.462 e. The third-order valence-electron chi connectivity index (χ3n) is 3.78. The average molecular weight is 367 g/mol. The van der Waals surface area contributed by atoms with Crippen molar-refractivity contribution in [2.45, 2.75) is 58.8 Å². The minimum absolute atomic E-state index is 0.00218. The summed E-state index contributed by atoms with van der Waals surface area (Å²) in [6, 6.07) is 0. The number of unbranched alkanes of at least 4 members (excludes halogenated alkanes) is 5. The zero-order valence-corrected chi connectivity index (χ0v) is 15.5. The molecule has 0 aliphatic carbocycles. The van der Waals surface area contributed by atoms with Crippen molar-refractivity contribution in [2.75, 3.05) is 18.1 Å². The van der Waals surface area contributed by atoms with Crippen LogP contribution in [0.3, 0.4) is 0 Å². The van der Waals surface area contributed by atoms with Gasteiger partial charge in [0.05, 0.1) is 23.0 Å². The van der Waals surface area contributed by atoms with Crippen LogP contribution in [0.1, 0.15) is 58.8 Å². The number of carbonyl (C=O) groups is 1. The van der Waals surface area contributed by atoms with Crippen LogP contribution in [-0.2, 0) is 29.2 Å². The predicted octanol–water partition coefficient (Wildman–Crippen LogP) is 2.35. The summed E-state index contributed by atoms with van der Waals surface area (Å²) in [5.41, 5.74) is 0. The molecule has 8 heteroatoms. The molecule has 1 aliphatic rings. The van der Waals surface area contributed by atoms with E-state index in [1.165, 1.54) is 0 Å². The van der Waals surface area contributed by atoms with Crippen LogP contribution >= 0.6 is 0 Å². The van der Waals surface area contributed by atoms with Crippen LogP contribution in [0, 0.1) is 0 Å². The lowest BCUT2D eigenvalue weighted by Gasteiger charge is -2.19. The first-order valence-corrected chi connectivity index (χ1v) is 11.4. The van der Waals surface area contributed by atoms with Gasteiger partial charge < -0.3 is 4.74 Å². The smallest absolute Gasteiger partial charge is 0.350 e. The first kappa shape index (κ1) is 20.2. The van der Waals surface area contributed by atoms with Crippen molar-refractivity contribution in [1.82, 2.24) is 0 Å². The molecule has 134 valence electrons. The first-order chi connectivity index (χ1) is 10.8. The van der Waals surface area contributed by atoms with Crippen LogP contribution in [0.25, 0.3) is 0 Å². The fraction of sp³-hybridized carbons (Fsp3) is 0.800. The van der Waals surface area contributed by atoms with E-state index in [4.69, 9.17) is 4.74 Å². The molecule has 1 heterocycles. The maximum absolute atomic E-state index is 12.2. The number of sulfone groups is 2. The summed E-state index contributed by atoms with van der Waals surface area (Å²) >= 11 is 0. The molecule has 6 nitrogen and oxygen atoms in total. The van der Waals surface area contributed by atoms with Gasteiger partial charge in [0, 0.05) is 0 Å². The van der Waals surface area contributed by atoms with Crippen molar-refractivity contribution in [3.8, 4) is 0 Å². The number of rotatable bonds is 9. The number of ether oxygens (including phenoxy) is 1. The average Bonchev–Trinajstić information content (AvgIpc) is 2.46. The normalized spacial score (nSPS) is 19.6. The molecule has 0 bridgehead atoms. The lowest BCUT2D eigenvalue weighted by Crippen LogP contribution is -2.32. The van der Waals surface area contributed by atoms with Crippen molar-refractivity contribution in [3.05, 3.63) is 9.81 Å². The van der Waals surface area contributed by atoms with E-state index in [9.17, 15) is 21.6 Å². The van der Waals surface area contributed by atoms with Gasteiger partial charge in [-0.2, -0.15) is 0 Å². The van der Waals surface area contributed by atoms with Gasteiger partial charge in [0.15, 0.2) is 24.6 Å². The van der Waals surface area contributed by atoms with Crippen molar-refractivity contribution < 1.29 is 26.4 Å². The van der Waals surface area contributed by atoms with Crippen LogP contribution in [0.5, 0.6) is 0 Å². The molecule has 0 spiro atoms. The second-order valence-corrected chi connectivity index (χ2v) is 9.80. The predicted molar refractivity (Wildman–Crippen MR) is 89.2 cm³/mol. The standard InChI is InChI=1S/C15H26O6S2/c1-3-5-6-7-8-9-10-13-14(15(16)21-4-2)23(19,20)12-11-22(13,17)18/h3-12H2,1-2H3. The Balaban J connectivity index is 2.98. The summed E-state index contributed by atoms with van der Waals surface area (Å²) in [7, 11) is -7.60. The summed E-state index contributed by atoms with van der Waals surface area (Å²) in [6.07, 6.45) is 5.75. The van der Waals surface area contributed by atoms with Gasteiger partial charge in [-0.15, -0.1) is 0 Å². The monoisotopic (exact) mass is 366 g/mol. The van der Waals surface area contributed by atoms with Crippen LogP contribution in [0.4, 0.5) is 0 Å². The van der Waals surface area contributed by atoms with Gasteiger partial charge in [-0.05, 0) is 19.8 Å². The summed E-state index contributed by atoms with van der Waals surface area (Å²) in [5, 5.41) is 0. The molecule has 0 aromatic carbocycles. The van der Waals surface area contributed by atoms with Gasteiger partial charge in [-0.25, -0.2) is 21.6 Å². The molecule has 0 saturated heterocycles. The number of esters is 1. The quantitative estimate of drug-likeness (QED) is 0.459. The third kappa shape index (κ3) is 5.60. The number of allylic oxidation sites excluding steroid dienone is 1. The SMILES string of the molecule is CCCCCCCCC1=C(C(=O)OCC)S(=O)(=O)CCS1(=O)=O. The van der Waals surface area contributed by atoms with E-state index in [0.29, 0.717) is 6.42 Å². The second-order valence-electron chi connectivity index (χ2n) is 5.63. The third-order valence-corrected chi connectivity index (χ3v) is 7.84. The van der Waals surface area contributed by atoms with Gasteiger partial charge in [0.2, 0.25) is 0 Å². The van der Waals surface area contributed by atoms with E-state index >= 15 is 0 Å². The highest BCUT2D eigenvalue weighted by molar-refractivity contribution is 8.02. The molecule has 0 unspecified atom stereocenters. The van der Waals surface area contributed by atoms with E-state index in [1.807, 2.05) is 0 Å².